The number of halogens is 1. The van der Waals surface area contributed by atoms with Crippen molar-refractivity contribution in [2.45, 2.75) is 11.8 Å². The maximum absolute atomic E-state index is 13.0. The number of benzene rings is 2. The van der Waals surface area contributed by atoms with Gasteiger partial charge in [0.1, 0.15) is 16.5 Å². The van der Waals surface area contributed by atoms with Crippen LogP contribution in [0.3, 0.4) is 0 Å². The second-order valence-corrected chi connectivity index (χ2v) is 5.52. The minimum atomic E-state index is -4.15. The summed E-state index contributed by atoms with van der Waals surface area (Å²) in [4.78, 5) is -0.304. The van der Waals surface area contributed by atoms with Gasteiger partial charge in [-0.1, -0.05) is 6.07 Å². The molecular formula is C13H10FO4S. The highest BCUT2D eigenvalue weighted by atomic mass is 32.2. The first-order valence-electron chi connectivity index (χ1n) is 5.35. The Balaban J connectivity index is 2.36. The molecule has 4 nitrogen and oxygen atoms in total. The van der Waals surface area contributed by atoms with E-state index < -0.39 is 15.9 Å². The Morgan fingerprint density at radius 2 is 1.84 bits per heavy atom. The zero-order valence-electron chi connectivity index (χ0n) is 9.96. The van der Waals surface area contributed by atoms with E-state index in [-0.39, 0.29) is 16.4 Å². The van der Waals surface area contributed by atoms with E-state index in [0.29, 0.717) is 5.56 Å². The third-order valence-corrected chi connectivity index (χ3v) is 3.56. The Morgan fingerprint density at radius 1 is 1.11 bits per heavy atom. The SMILES string of the molecule is Cc1cc([O])cc(OS(=O)(=O)c2cccc(F)c2)c1. The van der Waals surface area contributed by atoms with Crippen LogP contribution in [0.5, 0.6) is 11.5 Å². The molecule has 0 saturated heterocycles. The van der Waals surface area contributed by atoms with E-state index in [2.05, 4.69) is 0 Å². The van der Waals surface area contributed by atoms with E-state index in [1.807, 2.05) is 0 Å². The van der Waals surface area contributed by atoms with Crippen LogP contribution in [-0.4, -0.2) is 8.42 Å². The fraction of sp³-hybridized carbons (Fsp3) is 0.0769. The second kappa shape index (κ2) is 4.89. The summed E-state index contributed by atoms with van der Waals surface area (Å²) in [5.41, 5.74) is 0.581. The van der Waals surface area contributed by atoms with Crippen molar-refractivity contribution in [1.82, 2.24) is 0 Å². The van der Waals surface area contributed by atoms with Crippen LogP contribution in [0.2, 0.25) is 0 Å². The van der Waals surface area contributed by atoms with Crippen LogP contribution in [0.25, 0.3) is 0 Å². The van der Waals surface area contributed by atoms with Gasteiger partial charge in [-0.3, -0.25) is 5.11 Å². The van der Waals surface area contributed by atoms with Crippen LogP contribution in [0, 0.1) is 12.7 Å². The molecule has 2 aromatic carbocycles. The highest BCUT2D eigenvalue weighted by molar-refractivity contribution is 7.87. The van der Waals surface area contributed by atoms with Crippen LogP contribution in [-0.2, 0) is 15.2 Å². The van der Waals surface area contributed by atoms with Crippen molar-refractivity contribution < 1.29 is 22.1 Å². The average Bonchev–Trinajstić information content (AvgIpc) is 2.26. The Labute approximate surface area is 110 Å². The molecule has 0 aromatic heterocycles. The Kier molecular flexibility index (Phi) is 3.44. The molecule has 0 aliphatic rings. The van der Waals surface area contributed by atoms with Crippen molar-refractivity contribution in [3.8, 4) is 11.5 Å². The van der Waals surface area contributed by atoms with Gasteiger partial charge in [0.2, 0.25) is 0 Å². The molecule has 0 unspecified atom stereocenters. The lowest BCUT2D eigenvalue weighted by Crippen LogP contribution is -2.10. The summed E-state index contributed by atoms with van der Waals surface area (Å²) in [6.07, 6.45) is 0. The lowest BCUT2D eigenvalue weighted by Gasteiger charge is -2.07. The first-order chi connectivity index (χ1) is 8.87. The average molecular weight is 281 g/mol. The number of hydrogen-bond donors (Lipinski definition) is 0. The molecular weight excluding hydrogens is 271 g/mol. The van der Waals surface area contributed by atoms with E-state index in [0.717, 1.165) is 18.2 Å². The summed E-state index contributed by atoms with van der Waals surface area (Å²) < 4.78 is 41.6. The summed E-state index contributed by atoms with van der Waals surface area (Å²) in [5, 5.41) is 11.3. The highest BCUT2D eigenvalue weighted by Crippen LogP contribution is 2.25. The first-order valence-corrected chi connectivity index (χ1v) is 6.76. The molecule has 2 aromatic rings. The minimum absolute atomic E-state index is 0.0886. The molecule has 0 spiro atoms. The molecule has 6 heteroatoms. The van der Waals surface area contributed by atoms with Gasteiger partial charge < -0.3 is 4.18 Å². The van der Waals surface area contributed by atoms with E-state index in [4.69, 9.17) is 4.18 Å². The van der Waals surface area contributed by atoms with Gasteiger partial charge in [0.05, 0.1) is 0 Å². The molecule has 0 N–H and O–H groups in total. The van der Waals surface area contributed by atoms with Crippen molar-refractivity contribution in [2.24, 2.45) is 0 Å². The first kappa shape index (κ1) is 13.4. The smallest absolute Gasteiger partial charge is 0.339 e. The van der Waals surface area contributed by atoms with Crippen LogP contribution < -0.4 is 4.18 Å². The van der Waals surface area contributed by atoms with Gasteiger partial charge in [0.25, 0.3) is 0 Å². The van der Waals surface area contributed by atoms with Gasteiger partial charge in [-0.2, -0.15) is 8.42 Å². The van der Waals surface area contributed by atoms with Gasteiger partial charge >= 0.3 is 10.1 Å². The summed E-state index contributed by atoms with van der Waals surface area (Å²) in [5.74, 6) is -1.13. The maximum atomic E-state index is 13.0. The highest BCUT2D eigenvalue weighted by Gasteiger charge is 2.17. The predicted molar refractivity (Wildman–Crippen MR) is 65.5 cm³/mol. The monoisotopic (exact) mass is 281 g/mol. The molecule has 2 rings (SSSR count). The molecule has 19 heavy (non-hydrogen) atoms. The largest absolute Gasteiger partial charge is 0.379 e. The summed E-state index contributed by atoms with van der Waals surface area (Å²) in [6, 6.07) is 8.28. The minimum Gasteiger partial charge on any atom is -0.379 e. The summed E-state index contributed by atoms with van der Waals surface area (Å²) in [6.45, 7) is 1.64. The van der Waals surface area contributed by atoms with Crippen LogP contribution in [0.4, 0.5) is 4.39 Å². The third kappa shape index (κ3) is 3.23. The van der Waals surface area contributed by atoms with Gasteiger partial charge in [-0.15, -0.1) is 0 Å². The molecule has 0 aliphatic carbocycles. The predicted octanol–water partition coefficient (Wildman–Crippen LogP) is 3.05. The summed E-state index contributed by atoms with van der Waals surface area (Å²) in [7, 11) is -4.15. The number of hydrogen-bond acceptors (Lipinski definition) is 3. The van der Waals surface area contributed by atoms with E-state index in [1.54, 1.807) is 6.92 Å². The van der Waals surface area contributed by atoms with Crippen molar-refractivity contribution in [1.29, 1.82) is 0 Å². The molecule has 0 fully saturated rings. The van der Waals surface area contributed by atoms with Gasteiger partial charge in [-0.25, -0.2) is 4.39 Å². The van der Waals surface area contributed by atoms with E-state index in [1.165, 1.54) is 24.3 Å². The quantitative estimate of drug-likeness (QED) is 0.812. The van der Waals surface area contributed by atoms with Crippen molar-refractivity contribution in [2.75, 3.05) is 0 Å². The molecule has 0 saturated carbocycles. The van der Waals surface area contributed by atoms with Crippen molar-refractivity contribution in [3.05, 3.63) is 53.8 Å². The number of aryl methyl sites for hydroxylation is 1. The van der Waals surface area contributed by atoms with Crippen LogP contribution >= 0.6 is 0 Å². The lowest BCUT2D eigenvalue weighted by atomic mass is 10.2. The number of rotatable bonds is 3. The molecule has 99 valence electrons. The van der Waals surface area contributed by atoms with Crippen molar-refractivity contribution >= 4 is 10.1 Å². The van der Waals surface area contributed by atoms with Crippen LogP contribution in [0.1, 0.15) is 5.56 Å². The molecule has 1 radical (unpaired) electrons. The molecule has 0 aliphatic heterocycles. The standard InChI is InChI=1S/C13H10FO4S/c1-9-5-11(15)8-12(6-9)18-19(16,17)13-4-2-3-10(14)7-13/h2-8H,1H3. The topological polar surface area (TPSA) is 63.3 Å². The zero-order chi connectivity index (χ0) is 14.0. The zero-order valence-corrected chi connectivity index (χ0v) is 10.8. The van der Waals surface area contributed by atoms with Crippen LogP contribution in [0.15, 0.2) is 47.4 Å². The molecule has 0 bridgehead atoms. The Hall–Kier alpha value is -2.08. The Bertz CT molecular complexity index is 690. The van der Waals surface area contributed by atoms with E-state index >= 15 is 0 Å². The van der Waals surface area contributed by atoms with E-state index in [9.17, 15) is 17.9 Å². The normalized spacial score (nSPS) is 11.3. The van der Waals surface area contributed by atoms with Gasteiger partial charge in [0.15, 0.2) is 5.75 Å². The third-order valence-electron chi connectivity index (χ3n) is 2.32. The van der Waals surface area contributed by atoms with Gasteiger partial charge in [-0.05, 0) is 42.8 Å². The molecule has 0 amide bonds. The second-order valence-electron chi connectivity index (χ2n) is 3.98. The molecule has 0 atom stereocenters. The fourth-order valence-corrected chi connectivity index (χ4v) is 2.51. The summed E-state index contributed by atoms with van der Waals surface area (Å²) >= 11 is 0. The fourth-order valence-electron chi connectivity index (χ4n) is 1.56. The lowest BCUT2D eigenvalue weighted by molar-refractivity contribution is 0.353. The molecule has 0 heterocycles. The maximum Gasteiger partial charge on any atom is 0.339 e. The van der Waals surface area contributed by atoms with Gasteiger partial charge in [0, 0.05) is 6.07 Å². The Morgan fingerprint density at radius 3 is 2.47 bits per heavy atom. The van der Waals surface area contributed by atoms with Crippen molar-refractivity contribution in [3.63, 3.8) is 0 Å².